The van der Waals surface area contributed by atoms with Crippen LogP contribution in [0.15, 0.2) is 0 Å². The van der Waals surface area contributed by atoms with Crippen LogP contribution in [0.2, 0.25) is 0 Å². The third-order valence-electron chi connectivity index (χ3n) is 7.42. The van der Waals surface area contributed by atoms with Gasteiger partial charge in [0.25, 0.3) is 0 Å². The molecule has 7 unspecified atom stereocenters. The summed E-state index contributed by atoms with van der Waals surface area (Å²) in [6.45, 7) is 1.22. The van der Waals surface area contributed by atoms with E-state index < -0.39 is 0 Å². The summed E-state index contributed by atoms with van der Waals surface area (Å²) in [7, 11) is 0. The van der Waals surface area contributed by atoms with E-state index in [2.05, 4.69) is 32.3 Å². The molecule has 6 N–H and O–H groups in total. The quantitative estimate of drug-likeness (QED) is 0.208. The molecule has 4 rings (SSSR count). The summed E-state index contributed by atoms with van der Waals surface area (Å²) < 4.78 is 0. The highest BCUT2D eigenvalue weighted by Crippen LogP contribution is 2.34. The Kier molecular flexibility index (Phi) is 9.50. The summed E-state index contributed by atoms with van der Waals surface area (Å²) in [4.78, 5) is 29.9. The lowest BCUT2D eigenvalue weighted by Gasteiger charge is -2.41. The van der Waals surface area contributed by atoms with Gasteiger partial charge >= 0.3 is 0 Å². The van der Waals surface area contributed by atoms with E-state index in [1.54, 1.807) is 0 Å². The highest BCUT2D eigenvalue weighted by molar-refractivity contribution is 6.23. The monoisotopic (exact) mass is 504 g/mol. The molecule has 4 aliphatic rings. The average molecular weight is 505 g/mol. The fourth-order valence-electron chi connectivity index (χ4n) is 5.69. The Hall–Kier alpha value is -0.680. The number of rotatable bonds is 9. The van der Waals surface area contributed by atoms with Crippen molar-refractivity contribution in [2.75, 3.05) is 13.1 Å². The summed E-state index contributed by atoms with van der Waals surface area (Å²) >= 11 is 12.6. The van der Waals surface area contributed by atoms with Crippen molar-refractivity contribution in [3.8, 4) is 0 Å². The molecule has 2 heterocycles. The van der Waals surface area contributed by atoms with E-state index in [9.17, 15) is 9.59 Å². The number of nitrogens with one attached hydrogen (secondary N) is 6. The highest BCUT2D eigenvalue weighted by Gasteiger charge is 2.39. The van der Waals surface area contributed by atoms with Crippen LogP contribution in [-0.2, 0) is 14.4 Å². The van der Waals surface area contributed by atoms with Crippen LogP contribution in [0.4, 0.5) is 0 Å². The Morgan fingerprint density at radius 1 is 1.09 bits per heavy atom. The maximum Gasteiger partial charge on any atom is 0.237 e. The summed E-state index contributed by atoms with van der Waals surface area (Å²) in [5.41, 5.74) is 8.96. The van der Waals surface area contributed by atoms with Crippen molar-refractivity contribution < 1.29 is 14.4 Å². The molecule has 33 heavy (non-hydrogen) atoms. The second-order valence-electron chi connectivity index (χ2n) is 9.89. The van der Waals surface area contributed by atoms with Gasteiger partial charge in [0.2, 0.25) is 11.8 Å². The number of carbonyl (C=O) groups excluding carboxylic acids is 2. The predicted octanol–water partition coefficient (Wildman–Crippen LogP) is 1.42. The van der Waals surface area contributed by atoms with E-state index in [-0.39, 0.29) is 47.0 Å². The molecule has 11 heteroatoms. The largest absolute Gasteiger partial charge is 0.355 e. The molecule has 7 atom stereocenters. The zero-order valence-electron chi connectivity index (χ0n) is 19.1. The minimum atomic E-state index is -0.107. The molecule has 0 aromatic heterocycles. The van der Waals surface area contributed by atoms with Crippen LogP contribution in [-0.4, -0.2) is 54.2 Å². The first-order valence-electron chi connectivity index (χ1n) is 12.5. The Morgan fingerprint density at radius 3 is 2.70 bits per heavy atom. The van der Waals surface area contributed by atoms with Crippen LogP contribution in [0.3, 0.4) is 0 Å². The van der Waals surface area contributed by atoms with Gasteiger partial charge in [-0.05, 0) is 50.9 Å². The molecule has 0 bridgehead atoms. The van der Waals surface area contributed by atoms with Crippen LogP contribution >= 0.6 is 23.2 Å². The second-order valence-corrected chi connectivity index (χ2v) is 11.1. The van der Waals surface area contributed by atoms with Crippen LogP contribution < -0.4 is 32.3 Å². The maximum absolute atomic E-state index is 12.2. The molecule has 2 aliphatic carbocycles. The molecule has 2 aliphatic heterocycles. The maximum atomic E-state index is 12.2. The summed E-state index contributed by atoms with van der Waals surface area (Å²) in [5.74, 6) is 0.915. The highest BCUT2D eigenvalue weighted by atomic mass is 35.5. The van der Waals surface area contributed by atoms with E-state index in [1.165, 1.54) is 6.42 Å². The van der Waals surface area contributed by atoms with Gasteiger partial charge in [-0.25, -0.2) is 5.43 Å². The molecule has 0 spiro atoms. The standard InChI is InChI=1S/C22H38Cl2N6O3/c23-14-10-13(11-15(24)12-14)20-27-19(33-30-20)7-3-6-18(31)25-8-9-26-21-16-4-1-2-5-17(16)22(32)29-28-21/h13-17,19-21,26-28,30H,1-12H2,(H,25,31)(H,29,32). The smallest absolute Gasteiger partial charge is 0.237 e. The van der Waals surface area contributed by atoms with Gasteiger partial charge in [0.15, 0.2) is 0 Å². The summed E-state index contributed by atoms with van der Waals surface area (Å²) in [6.07, 6.45) is 8.98. The van der Waals surface area contributed by atoms with E-state index in [0.29, 0.717) is 31.3 Å². The van der Waals surface area contributed by atoms with Crippen LogP contribution in [0.1, 0.15) is 64.2 Å². The van der Waals surface area contributed by atoms with E-state index >= 15 is 0 Å². The Morgan fingerprint density at radius 2 is 1.88 bits per heavy atom. The van der Waals surface area contributed by atoms with Gasteiger partial charge in [-0.1, -0.05) is 12.8 Å². The molecular weight excluding hydrogens is 467 g/mol. The Balaban J connectivity index is 1.06. The number of alkyl halides is 2. The SMILES string of the molecule is O=C(CCCC1NC(C2CC(Cl)CC(Cl)C2)NO1)NCCNC1NNC(=O)C2CCCCC12. The molecule has 188 valence electrons. The lowest BCUT2D eigenvalue weighted by molar-refractivity contribution is -0.134. The number of hydrazine groups is 1. The molecule has 4 fully saturated rings. The first-order chi connectivity index (χ1) is 16.0. The van der Waals surface area contributed by atoms with Gasteiger partial charge in [0, 0.05) is 42.1 Å². The van der Waals surface area contributed by atoms with Crippen molar-refractivity contribution >= 4 is 35.0 Å². The fourth-order valence-corrected chi connectivity index (χ4v) is 6.67. The van der Waals surface area contributed by atoms with Crippen LogP contribution in [0, 0.1) is 17.8 Å². The number of fused-ring (bicyclic) bond motifs is 1. The molecule has 0 radical (unpaired) electrons. The van der Waals surface area contributed by atoms with E-state index in [1.807, 2.05) is 0 Å². The van der Waals surface area contributed by atoms with Gasteiger partial charge in [0.05, 0.1) is 12.3 Å². The zero-order valence-corrected chi connectivity index (χ0v) is 20.6. The minimum Gasteiger partial charge on any atom is -0.355 e. The summed E-state index contributed by atoms with van der Waals surface area (Å²) in [5, 5.41) is 10.1. The van der Waals surface area contributed by atoms with Crippen molar-refractivity contribution in [2.24, 2.45) is 17.8 Å². The molecule has 0 aromatic rings. The number of hydroxylamine groups is 1. The van der Waals surface area contributed by atoms with Gasteiger partial charge < -0.3 is 5.32 Å². The minimum absolute atomic E-state index is 0.0435. The number of halogens is 2. The molecule has 9 nitrogen and oxygen atoms in total. The van der Waals surface area contributed by atoms with E-state index in [4.69, 9.17) is 28.0 Å². The van der Waals surface area contributed by atoms with Crippen molar-refractivity contribution in [1.82, 2.24) is 32.3 Å². The van der Waals surface area contributed by atoms with Crippen LogP contribution in [0.5, 0.6) is 0 Å². The first-order valence-corrected chi connectivity index (χ1v) is 13.4. The fraction of sp³-hybridized carbons (Fsp3) is 0.909. The predicted molar refractivity (Wildman–Crippen MR) is 127 cm³/mol. The first kappa shape index (κ1) is 25.4. The Bertz CT molecular complexity index is 664. The number of hydrogen-bond donors (Lipinski definition) is 6. The zero-order chi connectivity index (χ0) is 23.2. The Labute approximate surface area is 206 Å². The van der Waals surface area contributed by atoms with Gasteiger partial charge in [-0.15, -0.1) is 23.2 Å². The second kappa shape index (κ2) is 12.3. The lowest BCUT2D eigenvalue weighted by atomic mass is 9.76. The average Bonchev–Trinajstić information content (AvgIpc) is 3.27. The topological polar surface area (TPSA) is 116 Å². The third-order valence-corrected chi connectivity index (χ3v) is 8.13. The van der Waals surface area contributed by atoms with Crippen LogP contribution in [0.25, 0.3) is 0 Å². The third kappa shape index (κ3) is 7.16. The normalized spacial score (nSPS) is 39.0. The molecule has 2 saturated carbocycles. The molecule has 2 amide bonds. The summed E-state index contributed by atoms with van der Waals surface area (Å²) in [6, 6.07) is 0. The van der Waals surface area contributed by atoms with Crippen molar-refractivity contribution in [1.29, 1.82) is 0 Å². The van der Waals surface area contributed by atoms with Crippen molar-refractivity contribution in [3.05, 3.63) is 0 Å². The molecule has 2 saturated heterocycles. The van der Waals surface area contributed by atoms with E-state index in [0.717, 1.165) is 51.4 Å². The van der Waals surface area contributed by atoms with Crippen molar-refractivity contribution in [2.45, 2.75) is 93.5 Å². The van der Waals surface area contributed by atoms with Crippen molar-refractivity contribution in [3.63, 3.8) is 0 Å². The molecular formula is C22H38Cl2N6O3. The number of amides is 2. The molecule has 0 aromatic carbocycles. The number of carbonyl (C=O) groups is 2. The lowest BCUT2D eigenvalue weighted by Crippen LogP contribution is -2.64. The van der Waals surface area contributed by atoms with Gasteiger partial charge in [-0.2, -0.15) is 5.48 Å². The van der Waals surface area contributed by atoms with Gasteiger partial charge in [0.1, 0.15) is 6.23 Å². The van der Waals surface area contributed by atoms with Gasteiger partial charge in [-0.3, -0.25) is 30.5 Å². The number of hydrogen-bond acceptors (Lipinski definition) is 7.